The van der Waals surface area contributed by atoms with Gasteiger partial charge in [-0.15, -0.1) is 0 Å². The molecule has 0 radical (unpaired) electrons. The van der Waals surface area contributed by atoms with Crippen molar-refractivity contribution < 1.29 is 14.6 Å². The first kappa shape index (κ1) is 11.1. The van der Waals surface area contributed by atoms with Gasteiger partial charge in [-0.2, -0.15) is 0 Å². The normalized spacial score (nSPS) is 16.9. The van der Waals surface area contributed by atoms with Gasteiger partial charge in [0.2, 0.25) is 0 Å². The number of phenols is 1. The van der Waals surface area contributed by atoms with Crippen molar-refractivity contribution in [2.75, 3.05) is 14.2 Å². The van der Waals surface area contributed by atoms with E-state index in [1.807, 2.05) is 0 Å². The standard InChI is InChI=1S/C12H17NO3/c1-15-10-6-11(16-2)9(14)5-8(10)7-12(13)3-4-12/h5-6,14H,3-4,7,13H2,1-2H3. The summed E-state index contributed by atoms with van der Waals surface area (Å²) in [6.07, 6.45) is 2.79. The summed E-state index contributed by atoms with van der Waals surface area (Å²) >= 11 is 0. The highest BCUT2D eigenvalue weighted by Crippen LogP contribution is 2.41. The molecule has 88 valence electrons. The molecule has 1 aromatic carbocycles. The van der Waals surface area contributed by atoms with E-state index in [0.717, 1.165) is 24.8 Å². The molecule has 2 rings (SSSR count). The van der Waals surface area contributed by atoms with Gasteiger partial charge in [0.1, 0.15) is 5.75 Å². The minimum atomic E-state index is -0.103. The van der Waals surface area contributed by atoms with E-state index in [0.29, 0.717) is 11.5 Å². The summed E-state index contributed by atoms with van der Waals surface area (Å²) in [4.78, 5) is 0. The zero-order chi connectivity index (χ0) is 11.8. The molecule has 0 aromatic heterocycles. The smallest absolute Gasteiger partial charge is 0.164 e. The molecule has 1 aliphatic carbocycles. The molecule has 0 heterocycles. The molecule has 1 aromatic rings. The van der Waals surface area contributed by atoms with Gasteiger partial charge in [0.15, 0.2) is 11.5 Å². The maximum Gasteiger partial charge on any atom is 0.164 e. The first-order valence-electron chi connectivity index (χ1n) is 5.31. The molecule has 1 aliphatic rings. The van der Waals surface area contributed by atoms with Crippen molar-refractivity contribution in [3.05, 3.63) is 17.7 Å². The summed E-state index contributed by atoms with van der Waals surface area (Å²) in [5.41, 5.74) is 6.88. The lowest BCUT2D eigenvalue weighted by Crippen LogP contribution is -2.24. The number of nitrogens with two attached hydrogens (primary N) is 1. The van der Waals surface area contributed by atoms with Gasteiger partial charge in [-0.25, -0.2) is 0 Å². The molecule has 0 spiro atoms. The maximum absolute atomic E-state index is 9.71. The van der Waals surface area contributed by atoms with E-state index in [2.05, 4.69) is 0 Å². The van der Waals surface area contributed by atoms with Crippen LogP contribution in [0.15, 0.2) is 12.1 Å². The molecule has 1 fully saturated rings. The van der Waals surface area contributed by atoms with Crippen molar-refractivity contribution in [2.45, 2.75) is 24.8 Å². The molecule has 4 nitrogen and oxygen atoms in total. The fraction of sp³-hybridized carbons (Fsp3) is 0.500. The third-order valence-corrected chi connectivity index (χ3v) is 3.02. The van der Waals surface area contributed by atoms with E-state index in [9.17, 15) is 5.11 Å². The summed E-state index contributed by atoms with van der Waals surface area (Å²) in [5, 5.41) is 9.71. The number of hydrogen-bond acceptors (Lipinski definition) is 4. The van der Waals surface area contributed by atoms with Crippen LogP contribution in [0.1, 0.15) is 18.4 Å². The van der Waals surface area contributed by atoms with Crippen molar-refractivity contribution in [3.8, 4) is 17.2 Å². The molecule has 0 atom stereocenters. The highest BCUT2D eigenvalue weighted by atomic mass is 16.5. The van der Waals surface area contributed by atoms with Crippen molar-refractivity contribution >= 4 is 0 Å². The number of ether oxygens (including phenoxy) is 2. The Morgan fingerprint density at radius 1 is 1.25 bits per heavy atom. The minimum Gasteiger partial charge on any atom is -0.504 e. The Hall–Kier alpha value is -1.42. The van der Waals surface area contributed by atoms with Crippen LogP contribution in [-0.4, -0.2) is 24.9 Å². The molecule has 0 saturated heterocycles. The topological polar surface area (TPSA) is 64.7 Å². The van der Waals surface area contributed by atoms with Crippen LogP contribution in [0.3, 0.4) is 0 Å². The fourth-order valence-electron chi connectivity index (χ4n) is 1.80. The second-order valence-electron chi connectivity index (χ2n) is 4.38. The average molecular weight is 223 g/mol. The lowest BCUT2D eigenvalue weighted by atomic mass is 10.0. The summed E-state index contributed by atoms with van der Waals surface area (Å²) in [5.74, 6) is 1.26. The zero-order valence-corrected chi connectivity index (χ0v) is 9.62. The summed E-state index contributed by atoms with van der Waals surface area (Å²) < 4.78 is 10.3. The molecule has 0 aliphatic heterocycles. The van der Waals surface area contributed by atoms with Gasteiger partial charge in [-0.1, -0.05) is 0 Å². The maximum atomic E-state index is 9.71. The van der Waals surface area contributed by atoms with Gasteiger partial charge in [0.05, 0.1) is 14.2 Å². The summed E-state index contributed by atoms with van der Waals surface area (Å²) in [7, 11) is 3.12. The molecule has 16 heavy (non-hydrogen) atoms. The molecule has 0 amide bonds. The van der Waals surface area contributed by atoms with Crippen LogP contribution in [0.4, 0.5) is 0 Å². The Morgan fingerprint density at radius 2 is 1.88 bits per heavy atom. The Bertz CT molecular complexity index is 399. The SMILES string of the molecule is COc1cc(OC)c(CC2(N)CC2)cc1O. The number of rotatable bonds is 4. The number of benzene rings is 1. The van der Waals surface area contributed by atoms with E-state index >= 15 is 0 Å². The van der Waals surface area contributed by atoms with Gasteiger partial charge in [-0.3, -0.25) is 0 Å². The Balaban J connectivity index is 2.32. The van der Waals surface area contributed by atoms with Gasteiger partial charge in [-0.05, 0) is 30.9 Å². The average Bonchev–Trinajstić information content (AvgIpc) is 2.96. The van der Waals surface area contributed by atoms with Crippen LogP contribution >= 0.6 is 0 Å². The van der Waals surface area contributed by atoms with E-state index in [1.54, 1.807) is 19.2 Å². The third-order valence-electron chi connectivity index (χ3n) is 3.02. The molecular formula is C12H17NO3. The van der Waals surface area contributed by atoms with Crippen LogP contribution in [0, 0.1) is 0 Å². The number of hydrogen-bond donors (Lipinski definition) is 2. The largest absolute Gasteiger partial charge is 0.504 e. The quantitative estimate of drug-likeness (QED) is 0.810. The highest BCUT2D eigenvalue weighted by molar-refractivity contribution is 5.50. The zero-order valence-electron chi connectivity index (χ0n) is 9.62. The van der Waals surface area contributed by atoms with Crippen LogP contribution < -0.4 is 15.2 Å². The van der Waals surface area contributed by atoms with E-state index in [4.69, 9.17) is 15.2 Å². The van der Waals surface area contributed by atoms with E-state index in [1.165, 1.54) is 7.11 Å². The number of phenolic OH excluding ortho intramolecular Hbond substituents is 1. The van der Waals surface area contributed by atoms with Crippen LogP contribution in [0.5, 0.6) is 17.2 Å². The molecule has 0 unspecified atom stereocenters. The molecular weight excluding hydrogens is 206 g/mol. The first-order chi connectivity index (χ1) is 7.58. The minimum absolute atomic E-state index is 0.103. The Labute approximate surface area is 95.0 Å². The second kappa shape index (κ2) is 3.87. The van der Waals surface area contributed by atoms with Crippen molar-refractivity contribution in [1.82, 2.24) is 0 Å². The van der Waals surface area contributed by atoms with Gasteiger partial charge in [0.25, 0.3) is 0 Å². The van der Waals surface area contributed by atoms with Crippen molar-refractivity contribution in [1.29, 1.82) is 0 Å². The lowest BCUT2D eigenvalue weighted by molar-refractivity contribution is 0.361. The third kappa shape index (κ3) is 2.07. The van der Waals surface area contributed by atoms with Gasteiger partial charge >= 0.3 is 0 Å². The monoisotopic (exact) mass is 223 g/mol. The van der Waals surface area contributed by atoms with Gasteiger partial charge < -0.3 is 20.3 Å². The van der Waals surface area contributed by atoms with E-state index in [-0.39, 0.29) is 11.3 Å². The fourth-order valence-corrected chi connectivity index (χ4v) is 1.80. The second-order valence-corrected chi connectivity index (χ2v) is 4.38. The predicted molar refractivity (Wildman–Crippen MR) is 61.1 cm³/mol. The Kier molecular flexibility index (Phi) is 2.68. The number of methoxy groups -OCH3 is 2. The van der Waals surface area contributed by atoms with Crippen LogP contribution in [-0.2, 0) is 6.42 Å². The van der Waals surface area contributed by atoms with Crippen LogP contribution in [0.2, 0.25) is 0 Å². The molecule has 0 bridgehead atoms. The highest BCUT2D eigenvalue weighted by Gasteiger charge is 2.38. The predicted octanol–water partition coefficient (Wildman–Crippen LogP) is 1.44. The van der Waals surface area contributed by atoms with Gasteiger partial charge in [0, 0.05) is 11.6 Å². The summed E-state index contributed by atoms with van der Waals surface area (Å²) in [6, 6.07) is 3.36. The Morgan fingerprint density at radius 3 is 2.38 bits per heavy atom. The van der Waals surface area contributed by atoms with E-state index < -0.39 is 0 Å². The first-order valence-corrected chi connectivity index (χ1v) is 5.31. The lowest BCUT2D eigenvalue weighted by Gasteiger charge is -2.14. The van der Waals surface area contributed by atoms with Crippen molar-refractivity contribution in [2.24, 2.45) is 5.73 Å². The van der Waals surface area contributed by atoms with Crippen LogP contribution in [0.25, 0.3) is 0 Å². The molecule has 1 saturated carbocycles. The van der Waals surface area contributed by atoms with Crippen molar-refractivity contribution in [3.63, 3.8) is 0 Å². The number of aromatic hydroxyl groups is 1. The molecule has 3 N–H and O–H groups in total. The summed E-state index contributed by atoms with van der Waals surface area (Å²) in [6.45, 7) is 0. The molecule has 4 heteroatoms.